The van der Waals surface area contributed by atoms with Crippen LogP contribution < -0.4 is 14.8 Å². The van der Waals surface area contributed by atoms with Gasteiger partial charge in [-0.1, -0.05) is 18.2 Å². The Hall–Kier alpha value is -3.72. The number of aromatic nitrogens is 2. The van der Waals surface area contributed by atoms with E-state index in [1.165, 1.54) is 11.1 Å². The van der Waals surface area contributed by atoms with Crippen LogP contribution in [0, 0.1) is 11.3 Å². The molecule has 0 aliphatic heterocycles. The quantitative estimate of drug-likeness (QED) is 0.474. The van der Waals surface area contributed by atoms with Crippen LogP contribution in [0.2, 0.25) is 0 Å². The van der Waals surface area contributed by atoms with Crippen LogP contribution in [0.3, 0.4) is 0 Å². The van der Waals surface area contributed by atoms with Gasteiger partial charge in [0.2, 0.25) is 0 Å². The molecule has 0 radical (unpaired) electrons. The van der Waals surface area contributed by atoms with E-state index in [4.69, 9.17) is 14.5 Å². The second kappa shape index (κ2) is 8.43. The van der Waals surface area contributed by atoms with Crippen LogP contribution in [0.5, 0.6) is 11.5 Å². The predicted octanol–water partition coefficient (Wildman–Crippen LogP) is 4.91. The first-order chi connectivity index (χ1) is 15.7. The largest absolute Gasteiger partial charge is 0.493 e. The molecule has 4 aromatic rings. The first-order valence-corrected chi connectivity index (χ1v) is 11.0. The molecule has 0 spiro atoms. The van der Waals surface area contributed by atoms with Crippen molar-refractivity contribution in [2.45, 2.75) is 32.1 Å². The SMILES string of the molecule is COc1ccc(CCNc2c3c(c(C#N)c4nc5ccccc5n24)CCCC3)cc1OC. The summed E-state index contributed by atoms with van der Waals surface area (Å²) in [5.74, 6) is 2.54. The summed E-state index contributed by atoms with van der Waals surface area (Å²) < 4.78 is 12.9. The van der Waals surface area contributed by atoms with Crippen molar-refractivity contribution in [3.63, 3.8) is 0 Å². The molecule has 0 bridgehead atoms. The molecule has 1 N–H and O–H groups in total. The van der Waals surface area contributed by atoms with E-state index in [2.05, 4.69) is 27.9 Å². The predicted molar refractivity (Wildman–Crippen MR) is 126 cm³/mol. The second-order valence-electron chi connectivity index (χ2n) is 8.13. The highest BCUT2D eigenvalue weighted by molar-refractivity contribution is 5.86. The number of nitrogens with one attached hydrogen (secondary N) is 1. The number of pyridine rings is 1. The summed E-state index contributed by atoms with van der Waals surface area (Å²) in [6, 6.07) is 16.6. The molecule has 0 saturated heterocycles. The Bertz CT molecular complexity index is 1350. The Balaban J connectivity index is 1.55. The number of para-hydroxylation sites is 2. The van der Waals surface area contributed by atoms with E-state index in [1.807, 2.05) is 30.3 Å². The number of fused-ring (bicyclic) bond motifs is 4. The third-order valence-electron chi connectivity index (χ3n) is 6.33. The summed E-state index contributed by atoms with van der Waals surface area (Å²) in [4.78, 5) is 4.83. The number of anilines is 1. The van der Waals surface area contributed by atoms with Gasteiger partial charge in [-0.2, -0.15) is 5.26 Å². The van der Waals surface area contributed by atoms with Gasteiger partial charge in [-0.05, 0) is 73.1 Å². The van der Waals surface area contributed by atoms with Gasteiger partial charge in [-0.15, -0.1) is 0 Å². The minimum atomic E-state index is 0.723. The molecule has 1 aliphatic rings. The van der Waals surface area contributed by atoms with Crippen LogP contribution in [0.1, 0.15) is 35.1 Å². The van der Waals surface area contributed by atoms with Gasteiger partial charge in [-0.3, -0.25) is 4.40 Å². The van der Waals surface area contributed by atoms with E-state index in [0.717, 1.165) is 83.8 Å². The minimum Gasteiger partial charge on any atom is -0.493 e. The highest BCUT2D eigenvalue weighted by Crippen LogP contribution is 2.35. The van der Waals surface area contributed by atoms with E-state index in [-0.39, 0.29) is 0 Å². The van der Waals surface area contributed by atoms with E-state index >= 15 is 0 Å². The van der Waals surface area contributed by atoms with Gasteiger partial charge >= 0.3 is 0 Å². The third kappa shape index (κ3) is 3.31. The minimum absolute atomic E-state index is 0.723. The lowest BCUT2D eigenvalue weighted by Gasteiger charge is -2.23. The zero-order chi connectivity index (χ0) is 22.1. The van der Waals surface area contributed by atoms with Crippen molar-refractivity contribution < 1.29 is 9.47 Å². The summed E-state index contributed by atoms with van der Waals surface area (Å²) in [5, 5.41) is 13.7. The number of benzene rings is 2. The maximum Gasteiger partial charge on any atom is 0.160 e. The molecule has 6 heteroatoms. The van der Waals surface area contributed by atoms with E-state index in [1.54, 1.807) is 14.2 Å². The summed E-state index contributed by atoms with van der Waals surface area (Å²) in [6.45, 7) is 0.759. The molecule has 0 fully saturated rings. The smallest absolute Gasteiger partial charge is 0.160 e. The Labute approximate surface area is 187 Å². The molecule has 32 heavy (non-hydrogen) atoms. The lowest BCUT2D eigenvalue weighted by atomic mass is 9.89. The van der Waals surface area contributed by atoms with Crippen LogP contribution in [-0.2, 0) is 19.3 Å². The van der Waals surface area contributed by atoms with Gasteiger partial charge in [0.15, 0.2) is 17.1 Å². The molecule has 1 aliphatic carbocycles. The average molecular weight is 427 g/mol. The highest BCUT2D eigenvalue weighted by atomic mass is 16.5. The van der Waals surface area contributed by atoms with Crippen molar-refractivity contribution >= 4 is 22.5 Å². The monoisotopic (exact) mass is 426 g/mol. The fourth-order valence-corrected chi connectivity index (χ4v) is 4.80. The van der Waals surface area contributed by atoms with E-state index in [0.29, 0.717) is 0 Å². The fraction of sp³-hybridized carbons (Fsp3) is 0.308. The number of methoxy groups -OCH3 is 2. The van der Waals surface area contributed by atoms with Crippen molar-refractivity contribution in [3.05, 3.63) is 64.7 Å². The second-order valence-corrected chi connectivity index (χ2v) is 8.13. The average Bonchev–Trinajstić information content (AvgIpc) is 3.22. The summed E-state index contributed by atoms with van der Waals surface area (Å²) >= 11 is 0. The zero-order valence-electron chi connectivity index (χ0n) is 18.4. The molecule has 0 atom stereocenters. The lowest BCUT2D eigenvalue weighted by Crippen LogP contribution is -2.16. The summed E-state index contributed by atoms with van der Waals surface area (Å²) in [5.41, 5.74) is 7.01. The fourth-order valence-electron chi connectivity index (χ4n) is 4.80. The van der Waals surface area contributed by atoms with Crippen LogP contribution in [-0.4, -0.2) is 30.1 Å². The molecular weight excluding hydrogens is 400 g/mol. The lowest BCUT2D eigenvalue weighted by molar-refractivity contribution is 0.354. The van der Waals surface area contributed by atoms with E-state index in [9.17, 15) is 5.26 Å². The molecule has 5 rings (SSSR count). The number of nitrogens with zero attached hydrogens (tertiary/aromatic N) is 3. The third-order valence-corrected chi connectivity index (χ3v) is 6.33. The van der Waals surface area contributed by atoms with Gasteiger partial charge < -0.3 is 14.8 Å². The number of imidazole rings is 1. The number of rotatable bonds is 6. The number of hydrogen-bond acceptors (Lipinski definition) is 5. The summed E-state index contributed by atoms with van der Waals surface area (Å²) in [6.07, 6.45) is 5.00. The normalized spacial score (nSPS) is 13.0. The van der Waals surface area contributed by atoms with Crippen LogP contribution >= 0.6 is 0 Å². The first-order valence-electron chi connectivity index (χ1n) is 11.0. The van der Waals surface area contributed by atoms with Crippen molar-refractivity contribution in [3.8, 4) is 17.6 Å². The van der Waals surface area contributed by atoms with Gasteiger partial charge in [0.1, 0.15) is 11.9 Å². The topological polar surface area (TPSA) is 71.6 Å². The molecule has 2 heterocycles. The maximum atomic E-state index is 9.98. The number of ether oxygens (including phenoxy) is 2. The first kappa shape index (κ1) is 20.2. The molecular formula is C26H26N4O2. The van der Waals surface area contributed by atoms with Crippen molar-refractivity contribution in [2.75, 3.05) is 26.1 Å². The van der Waals surface area contributed by atoms with Gasteiger partial charge in [0, 0.05) is 6.54 Å². The standard InChI is InChI=1S/C26H26N4O2/c1-31-23-12-11-17(15-24(23)32-2)13-14-28-25-19-8-4-3-7-18(19)20(16-27)26-29-21-9-5-6-10-22(21)30(25)26/h5-6,9-12,15,28H,3-4,7-8,13-14H2,1-2H3. The Morgan fingerprint density at radius 3 is 2.59 bits per heavy atom. The molecule has 0 unspecified atom stereocenters. The highest BCUT2D eigenvalue weighted by Gasteiger charge is 2.24. The van der Waals surface area contributed by atoms with Crippen molar-refractivity contribution in [2.24, 2.45) is 0 Å². The van der Waals surface area contributed by atoms with E-state index < -0.39 is 0 Å². The molecule has 2 aromatic carbocycles. The van der Waals surface area contributed by atoms with Crippen molar-refractivity contribution in [1.29, 1.82) is 5.26 Å². The molecule has 2 aromatic heterocycles. The summed E-state index contributed by atoms with van der Waals surface area (Å²) in [7, 11) is 3.30. The molecule has 162 valence electrons. The van der Waals surface area contributed by atoms with Crippen LogP contribution in [0.4, 0.5) is 5.82 Å². The molecule has 6 nitrogen and oxygen atoms in total. The Morgan fingerprint density at radius 2 is 1.81 bits per heavy atom. The van der Waals surface area contributed by atoms with Gasteiger partial charge in [0.25, 0.3) is 0 Å². The molecule has 0 saturated carbocycles. The molecule has 0 amide bonds. The van der Waals surface area contributed by atoms with Gasteiger partial charge in [0.05, 0.1) is 30.8 Å². The van der Waals surface area contributed by atoms with Crippen LogP contribution in [0.15, 0.2) is 42.5 Å². The Kier molecular flexibility index (Phi) is 5.32. The number of nitriles is 1. The Morgan fingerprint density at radius 1 is 1.03 bits per heavy atom. The van der Waals surface area contributed by atoms with Gasteiger partial charge in [-0.25, -0.2) is 4.98 Å². The number of hydrogen-bond donors (Lipinski definition) is 1. The van der Waals surface area contributed by atoms with Crippen molar-refractivity contribution in [1.82, 2.24) is 9.38 Å². The van der Waals surface area contributed by atoms with Crippen LogP contribution in [0.25, 0.3) is 16.7 Å². The maximum absolute atomic E-state index is 9.98. The zero-order valence-corrected chi connectivity index (χ0v) is 18.4.